The number of anilines is 2. The van der Waals surface area contributed by atoms with Crippen LogP contribution >= 0.6 is 11.9 Å². The molecule has 0 aliphatic carbocycles. The maximum absolute atomic E-state index is 12.9. The predicted molar refractivity (Wildman–Crippen MR) is 111 cm³/mol. The maximum Gasteiger partial charge on any atom is 0.243 e. The third kappa shape index (κ3) is 3.72. The van der Waals surface area contributed by atoms with E-state index in [1.807, 2.05) is 24.3 Å². The Morgan fingerprint density at radius 1 is 0.893 bits per heavy atom. The monoisotopic (exact) mass is 420 g/mol. The molecular weight excluding hydrogens is 396 g/mol. The van der Waals surface area contributed by atoms with Crippen LogP contribution in [0.5, 0.6) is 0 Å². The molecule has 0 bridgehead atoms. The van der Waals surface area contributed by atoms with Gasteiger partial charge >= 0.3 is 0 Å². The summed E-state index contributed by atoms with van der Waals surface area (Å²) in [5.74, 6) is 0. The van der Waals surface area contributed by atoms with Gasteiger partial charge in [-0.25, -0.2) is 12.7 Å². The third-order valence-electron chi connectivity index (χ3n) is 5.24. The fourth-order valence-corrected chi connectivity index (χ4v) is 6.16. The zero-order valence-corrected chi connectivity index (χ0v) is 17.1. The van der Waals surface area contributed by atoms with Crippen LogP contribution in [0.4, 0.5) is 11.4 Å². The van der Waals surface area contributed by atoms with E-state index in [2.05, 4.69) is 4.31 Å². The molecule has 2 saturated heterocycles. The molecule has 2 aromatic rings. The van der Waals surface area contributed by atoms with Crippen molar-refractivity contribution in [3.8, 4) is 0 Å². The van der Waals surface area contributed by atoms with Gasteiger partial charge in [-0.15, -0.1) is 0 Å². The van der Waals surface area contributed by atoms with Crippen molar-refractivity contribution in [3.05, 3.63) is 48.5 Å². The van der Waals surface area contributed by atoms with Gasteiger partial charge in [-0.05, 0) is 60.5 Å². The Labute approximate surface area is 169 Å². The van der Waals surface area contributed by atoms with Crippen LogP contribution in [0.15, 0.2) is 58.3 Å². The van der Waals surface area contributed by atoms with Crippen molar-refractivity contribution in [1.29, 1.82) is 0 Å². The van der Waals surface area contributed by atoms with E-state index in [1.54, 1.807) is 36.2 Å². The Morgan fingerprint density at radius 3 is 2.07 bits per heavy atom. The molecule has 2 fully saturated rings. The lowest BCUT2D eigenvalue weighted by Gasteiger charge is -2.42. The first-order valence-electron chi connectivity index (χ1n) is 9.20. The van der Waals surface area contributed by atoms with Crippen LogP contribution in [0, 0.1) is 0 Å². The van der Waals surface area contributed by atoms with Crippen molar-refractivity contribution < 1.29 is 13.2 Å². The molecule has 9 heteroatoms. The van der Waals surface area contributed by atoms with E-state index >= 15 is 0 Å². The second-order valence-electron chi connectivity index (χ2n) is 7.03. The van der Waals surface area contributed by atoms with Crippen LogP contribution in [-0.2, 0) is 14.8 Å². The van der Waals surface area contributed by atoms with Gasteiger partial charge in [0.2, 0.25) is 10.0 Å². The highest BCUT2D eigenvalue weighted by atomic mass is 32.2. The SMILES string of the molecule is Nc1ccc(SN2CCOC23CCN(S(=O)(=O)c2ccc(N)cc2)CC3)cc1. The molecule has 2 aliphatic heterocycles. The quantitative estimate of drug-likeness (QED) is 0.578. The van der Waals surface area contributed by atoms with Crippen LogP contribution < -0.4 is 11.5 Å². The highest BCUT2D eigenvalue weighted by molar-refractivity contribution is 7.97. The van der Waals surface area contributed by atoms with Crippen molar-refractivity contribution >= 4 is 33.3 Å². The number of sulfonamides is 1. The van der Waals surface area contributed by atoms with Gasteiger partial charge in [-0.2, -0.15) is 4.31 Å². The smallest absolute Gasteiger partial charge is 0.243 e. The standard InChI is InChI=1S/C19H24N4O3S2/c20-15-1-5-17(6-2-15)27-23-13-14-26-19(23)9-11-22(12-10-19)28(24,25)18-7-3-16(21)4-8-18/h1-8H,9-14,20-21H2. The van der Waals surface area contributed by atoms with E-state index in [9.17, 15) is 8.42 Å². The first kappa shape index (κ1) is 19.5. The molecule has 0 amide bonds. The molecule has 1 spiro atoms. The lowest BCUT2D eigenvalue weighted by molar-refractivity contribution is -0.0775. The Bertz CT molecular complexity index is 925. The fourth-order valence-electron chi connectivity index (χ4n) is 3.64. The minimum atomic E-state index is -3.52. The van der Waals surface area contributed by atoms with Crippen LogP contribution in [0.3, 0.4) is 0 Å². The number of nitrogens with zero attached hydrogens (tertiary/aromatic N) is 2. The summed E-state index contributed by atoms with van der Waals surface area (Å²) in [6, 6.07) is 14.1. The van der Waals surface area contributed by atoms with Crippen LogP contribution in [0.1, 0.15) is 12.8 Å². The molecular formula is C19H24N4O3S2. The van der Waals surface area contributed by atoms with Gasteiger partial charge in [-0.3, -0.25) is 0 Å². The summed E-state index contributed by atoms with van der Waals surface area (Å²) in [4.78, 5) is 1.37. The van der Waals surface area contributed by atoms with Gasteiger partial charge in [0.1, 0.15) is 5.72 Å². The largest absolute Gasteiger partial charge is 0.399 e. The first-order valence-corrected chi connectivity index (χ1v) is 11.4. The molecule has 0 atom stereocenters. The molecule has 28 heavy (non-hydrogen) atoms. The summed E-state index contributed by atoms with van der Waals surface area (Å²) < 4.78 is 35.7. The molecule has 4 rings (SSSR count). The normalized spacial score (nSPS) is 20.6. The van der Waals surface area contributed by atoms with Gasteiger partial charge < -0.3 is 16.2 Å². The average molecular weight is 421 g/mol. The van der Waals surface area contributed by atoms with E-state index in [4.69, 9.17) is 16.2 Å². The number of nitrogen functional groups attached to an aromatic ring is 2. The Kier molecular flexibility index (Phi) is 5.28. The van der Waals surface area contributed by atoms with Gasteiger partial charge in [-0.1, -0.05) is 0 Å². The number of benzene rings is 2. The van der Waals surface area contributed by atoms with Crippen molar-refractivity contribution in [3.63, 3.8) is 0 Å². The summed E-state index contributed by atoms with van der Waals surface area (Å²) in [5.41, 5.74) is 12.3. The molecule has 4 N–H and O–H groups in total. The molecule has 2 aromatic carbocycles. The number of ether oxygens (including phenoxy) is 1. The van der Waals surface area contributed by atoms with E-state index in [1.165, 1.54) is 4.31 Å². The average Bonchev–Trinajstić information content (AvgIpc) is 3.06. The number of piperidine rings is 1. The first-order chi connectivity index (χ1) is 13.4. The van der Waals surface area contributed by atoms with Crippen LogP contribution in [0.25, 0.3) is 0 Å². The molecule has 0 aromatic heterocycles. The molecule has 0 saturated carbocycles. The molecule has 0 radical (unpaired) electrons. The maximum atomic E-state index is 12.9. The molecule has 0 unspecified atom stereocenters. The zero-order valence-electron chi connectivity index (χ0n) is 15.5. The summed E-state index contributed by atoms with van der Waals surface area (Å²) in [6.45, 7) is 2.30. The number of rotatable bonds is 4. The second-order valence-corrected chi connectivity index (χ2v) is 10.1. The van der Waals surface area contributed by atoms with Gasteiger partial charge in [0.15, 0.2) is 0 Å². The van der Waals surface area contributed by atoms with Crippen molar-refractivity contribution in [1.82, 2.24) is 8.61 Å². The fraction of sp³-hybridized carbons (Fsp3) is 0.368. The Balaban J connectivity index is 1.46. The van der Waals surface area contributed by atoms with E-state index < -0.39 is 15.7 Å². The van der Waals surface area contributed by atoms with Crippen molar-refractivity contribution in [2.24, 2.45) is 0 Å². The minimum absolute atomic E-state index is 0.276. The van der Waals surface area contributed by atoms with Crippen LogP contribution in [-0.4, -0.2) is 49.0 Å². The number of hydrogen-bond acceptors (Lipinski definition) is 7. The molecule has 2 heterocycles. The van der Waals surface area contributed by atoms with Gasteiger partial charge in [0.05, 0.1) is 11.5 Å². The highest BCUT2D eigenvalue weighted by Crippen LogP contribution is 2.42. The van der Waals surface area contributed by atoms with Gasteiger partial charge in [0, 0.05) is 48.7 Å². The van der Waals surface area contributed by atoms with E-state index in [0.717, 1.165) is 17.1 Å². The second kappa shape index (κ2) is 7.57. The topological polar surface area (TPSA) is 102 Å². The third-order valence-corrected chi connectivity index (χ3v) is 8.37. The number of nitrogens with two attached hydrogens (primary N) is 2. The Morgan fingerprint density at radius 2 is 1.46 bits per heavy atom. The lowest BCUT2D eigenvalue weighted by Crippen LogP contribution is -2.52. The lowest BCUT2D eigenvalue weighted by atomic mass is 10.0. The Hall–Kier alpha value is -1.78. The summed E-state index contributed by atoms with van der Waals surface area (Å²) >= 11 is 1.64. The minimum Gasteiger partial charge on any atom is -0.399 e. The molecule has 150 valence electrons. The molecule has 2 aliphatic rings. The highest BCUT2D eigenvalue weighted by Gasteiger charge is 2.47. The van der Waals surface area contributed by atoms with Gasteiger partial charge in [0.25, 0.3) is 0 Å². The van der Waals surface area contributed by atoms with Crippen LogP contribution in [0.2, 0.25) is 0 Å². The van der Waals surface area contributed by atoms with Crippen molar-refractivity contribution in [2.45, 2.75) is 28.4 Å². The molecule has 7 nitrogen and oxygen atoms in total. The van der Waals surface area contributed by atoms with E-state index in [-0.39, 0.29) is 4.90 Å². The predicted octanol–water partition coefficient (Wildman–Crippen LogP) is 2.37. The number of hydrogen-bond donors (Lipinski definition) is 2. The summed E-state index contributed by atoms with van der Waals surface area (Å²) in [6.07, 6.45) is 1.26. The van der Waals surface area contributed by atoms with Crippen molar-refractivity contribution in [2.75, 3.05) is 37.7 Å². The summed E-state index contributed by atoms with van der Waals surface area (Å²) in [5, 5.41) is 0. The zero-order chi connectivity index (χ0) is 19.8. The van der Waals surface area contributed by atoms with E-state index in [0.29, 0.717) is 38.2 Å². The summed E-state index contributed by atoms with van der Waals surface area (Å²) in [7, 11) is -3.52.